The second-order valence-corrected chi connectivity index (χ2v) is 7.92. The summed E-state index contributed by atoms with van der Waals surface area (Å²) in [5.74, 6) is 0.935. The molecule has 0 bridgehead atoms. The Morgan fingerprint density at radius 3 is 2.33 bits per heavy atom. The van der Waals surface area contributed by atoms with Gasteiger partial charge in [0.2, 0.25) is 0 Å². The van der Waals surface area contributed by atoms with E-state index in [1.165, 1.54) is 0 Å². The number of phenols is 2. The molecule has 0 aliphatic carbocycles. The van der Waals surface area contributed by atoms with Gasteiger partial charge in [-0.2, -0.15) is 0 Å². The molecule has 0 atom stereocenters. The molecule has 3 heterocycles. The number of hydrogen-bond donors (Lipinski definition) is 3. The lowest BCUT2D eigenvalue weighted by Crippen LogP contribution is -2.16. The summed E-state index contributed by atoms with van der Waals surface area (Å²) in [4.78, 5) is 22.2. The lowest BCUT2D eigenvalue weighted by molar-refractivity contribution is 0.474. The van der Waals surface area contributed by atoms with E-state index in [9.17, 15) is 15.0 Å². The fraction of sp³-hybridized carbons (Fsp3) is 0.0435. The molecule has 1 aromatic heterocycles. The molecule has 6 nitrogen and oxygen atoms in total. The molecule has 2 aliphatic rings. The summed E-state index contributed by atoms with van der Waals surface area (Å²) in [5, 5.41) is 21.1. The van der Waals surface area contributed by atoms with Gasteiger partial charge in [0.1, 0.15) is 22.9 Å². The van der Waals surface area contributed by atoms with Gasteiger partial charge in [0.05, 0.1) is 10.6 Å². The molecule has 30 heavy (non-hydrogen) atoms. The molecule has 2 aliphatic heterocycles. The van der Waals surface area contributed by atoms with E-state index in [4.69, 9.17) is 0 Å². The van der Waals surface area contributed by atoms with E-state index in [0.717, 1.165) is 27.4 Å². The van der Waals surface area contributed by atoms with Crippen LogP contribution in [0.5, 0.6) is 11.5 Å². The number of fused-ring (bicyclic) bond motifs is 1. The maximum atomic E-state index is 13.2. The van der Waals surface area contributed by atoms with Crippen molar-refractivity contribution >= 4 is 11.3 Å². The molecule has 7 heteroatoms. The fourth-order valence-corrected chi connectivity index (χ4v) is 4.14. The molecule has 0 saturated heterocycles. The van der Waals surface area contributed by atoms with E-state index in [1.807, 2.05) is 17.5 Å². The van der Waals surface area contributed by atoms with Gasteiger partial charge in [-0.1, -0.05) is 18.2 Å². The average molecular weight is 415 g/mol. The van der Waals surface area contributed by atoms with Gasteiger partial charge in [-0.05, 0) is 59.0 Å². The van der Waals surface area contributed by atoms with Gasteiger partial charge in [-0.15, -0.1) is 11.3 Å². The lowest BCUT2D eigenvalue weighted by atomic mass is 10.1. The van der Waals surface area contributed by atoms with E-state index in [0.29, 0.717) is 17.9 Å². The van der Waals surface area contributed by atoms with E-state index in [1.54, 1.807) is 70.6 Å². The van der Waals surface area contributed by atoms with Gasteiger partial charge in [0.25, 0.3) is 5.56 Å². The number of benzene rings is 2. The smallest absolute Gasteiger partial charge is 0.278 e. The summed E-state index contributed by atoms with van der Waals surface area (Å²) in [6.07, 6.45) is 2.12. The number of aromatic nitrogens is 3. The number of hydrogen-bond acceptors (Lipinski definition) is 5. The van der Waals surface area contributed by atoms with Crippen molar-refractivity contribution in [1.29, 1.82) is 0 Å². The number of rotatable bonds is 4. The van der Waals surface area contributed by atoms with E-state index in [-0.39, 0.29) is 17.1 Å². The first-order chi connectivity index (χ1) is 14.6. The maximum absolute atomic E-state index is 13.2. The van der Waals surface area contributed by atoms with Crippen molar-refractivity contribution in [3.8, 4) is 39.1 Å². The first-order valence-corrected chi connectivity index (χ1v) is 10.2. The van der Waals surface area contributed by atoms with E-state index < -0.39 is 0 Å². The Balaban J connectivity index is 1.68. The predicted octanol–water partition coefficient (Wildman–Crippen LogP) is 4.40. The Hall–Kier alpha value is -3.84. The highest BCUT2D eigenvalue weighted by Crippen LogP contribution is 2.31. The minimum absolute atomic E-state index is 0.176. The van der Waals surface area contributed by atoms with Crippen molar-refractivity contribution in [2.75, 3.05) is 0 Å². The van der Waals surface area contributed by atoms with Crippen LogP contribution in [0.4, 0.5) is 0 Å². The topological polar surface area (TPSA) is 91.1 Å². The van der Waals surface area contributed by atoms with Crippen molar-refractivity contribution in [3.63, 3.8) is 0 Å². The number of aromatic hydroxyl groups is 2. The van der Waals surface area contributed by atoms with Gasteiger partial charge >= 0.3 is 0 Å². The van der Waals surface area contributed by atoms with Crippen LogP contribution >= 0.6 is 11.3 Å². The molecule has 0 amide bonds. The second-order valence-electron chi connectivity index (χ2n) is 6.97. The van der Waals surface area contributed by atoms with Crippen molar-refractivity contribution < 1.29 is 10.2 Å². The summed E-state index contributed by atoms with van der Waals surface area (Å²) in [7, 11) is 0. The highest BCUT2D eigenvalue weighted by atomic mass is 32.1. The number of nitrogens with zero attached hydrogens (tertiary/aromatic N) is 2. The first kappa shape index (κ1) is 18.2. The molecule has 148 valence electrons. The fourth-order valence-electron chi connectivity index (χ4n) is 3.42. The largest absolute Gasteiger partial charge is 0.508 e. The number of thiophene rings is 1. The number of imidazole rings is 1. The van der Waals surface area contributed by atoms with Crippen LogP contribution in [0.1, 0.15) is 11.3 Å². The summed E-state index contributed by atoms with van der Waals surface area (Å²) in [6.45, 7) is 0. The number of nitrogens with one attached hydrogen (secondary N) is 1. The molecule has 3 aromatic rings. The number of H-pyrrole nitrogens is 1. The predicted molar refractivity (Wildman–Crippen MR) is 117 cm³/mol. The molecular weight excluding hydrogens is 398 g/mol. The van der Waals surface area contributed by atoms with Gasteiger partial charge in [-0.3, -0.25) is 9.36 Å². The Labute approximate surface area is 175 Å². The lowest BCUT2D eigenvalue weighted by Gasteiger charge is -2.12. The summed E-state index contributed by atoms with van der Waals surface area (Å²) in [6, 6.07) is 17.5. The molecule has 2 aromatic carbocycles. The van der Waals surface area contributed by atoms with Crippen molar-refractivity contribution in [1.82, 2.24) is 14.5 Å². The summed E-state index contributed by atoms with van der Waals surface area (Å²) < 4.78 is 1.57. The summed E-state index contributed by atoms with van der Waals surface area (Å²) in [5.41, 5.74) is 3.52. The van der Waals surface area contributed by atoms with E-state index >= 15 is 0 Å². The van der Waals surface area contributed by atoms with Crippen LogP contribution in [-0.2, 0) is 6.42 Å². The second kappa shape index (κ2) is 7.20. The quantitative estimate of drug-likeness (QED) is 0.406. The highest BCUT2D eigenvalue weighted by Gasteiger charge is 2.21. The zero-order valence-electron chi connectivity index (χ0n) is 15.7. The van der Waals surface area contributed by atoms with E-state index in [2.05, 4.69) is 9.97 Å². The Morgan fingerprint density at radius 2 is 1.67 bits per heavy atom. The van der Waals surface area contributed by atoms with Crippen LogP contribution in [0, 0.1) is 0 Å². The van der Waals surface area contributed by atoms with Crippen molar-refractivity contribution in [3.05, 3.63) is 93.9 Å². The van der Waals surface area contributed by atoms with Crippen LogP contribution in [-0.4, -0.2) is 24.7 Å². The highest BCUT2D eigenvalue weighted by molar-refractivity contribution is 7.13. The molecule has 0 unspecified atom stereocenters. The van der Waals surface area contributed by atoms with Crippen molar-refractivity contribution in [2.24, 2.45) is 0 Å². The third kappa shape index (κ3) is 3.25. The molecule has 0 spiro atoms. The zero-order chi connectivity index (χ0) is 20.7. The monoisotopic (exact) mass is 415 g/mol. The SMILES string of the molecule is O=c1c(Cc2ccc(O)cc2)nc2c(-c3cccs3)[nH]c(-c3ccc(O)cc3)cn1-2. The van der Waals surface area contributed by atoms with Gasteiger partial charge in [-0.25, -0.2) is 4.98 Å². The molecule has 3 N–H and O–H groups in total. The van der Waals surface area contributed by atoms with Crippen LogP contribution in [0.3, 0.4) is 0 Å². The van der Waals surface area contributed by atoms with Crippen LogP contribution in [0.15, 0.2) is 77.0 Å². The molecule has 0 saturated carbocycles. The molecular formula is C23H17N3O3S. The Kier molecular flexibility index (Phi) is 4.37. The number of aromatic amines is 1. The molecule has 5 rings (SSSR count). The molecule has 0 radical (unpaired) electrons. The van der Waals surface area contributed by atoms with Crippen LogP contribution < -0.4 is 5.56 Å². The third-order valence-corrected chi connectivity index (χ3v) is 5.82. The first-order valence-electron chi connectivity index (χ1n) is 9.34. The Morgan fingerprint density at radius 1 is 0.967 bits per heavy atom. The molecule has 0 fully saturated rings. The maximum Gasteiger partial charge on any atom is 0.278 e. The van der Waals surface area contributed by atoms with Crippen LogP contribution in [0.2, 0.25) is 0 Å². The number of phenolic OH excluding ortho intramolecular Hbond substituents is 2. The average Bonchev–Trinajstić information content (AvgIpc) is 3.39. The van der Waals surface area contributed by atoms with Crippen molar-refractivity contribution in [2.45, 2.75) is 6.42 Å². The minimum Gasteiger partial charge on any atom is -0.508 e. The van der Waals surface area contributed by atoms with Gasteiger partial charge in [0, 0.05) is 12.6 Å². The normalized spacial score (nSPS) is 11.2. The standard InChI is InChI=1S/C23H17N3O3S/c27-16-7-3-14(4-8-16)12-18-23(29)26-13-19(15-5-9-17(28)10-6-15)24-21(22(26)25-18)20-2-1-11-30-20/h1-11,13,24,27-28H,12H2. The third-order valence-electron chi connectivity index (χ3n) is 4.93. The van der Waals surface area contributed by atoms with Gasteiger partial charge < -0.3 is 15.2 Å². The summed E-state index contributed by atoms with van der Waals surface area (Å²) >= 11 is 1.56. The minimum atomic E-state index is -0.176. The van der Waals surface area contributed by atoms with Crippen LogP contribution in [0.25, 0.3) is 27.6 Å². The zero-order valence-corrected chi connectivity index (χ0v) is 16.6. The van der Waals surface area contributed by atoms with Gasteiger partial charge in [0.15, 0.2) is 5.82 Å². The Bertz CT molecular complexity index is 1330.